The largest absolute Gasteiger partial charge is 0.446 e. The summed E-state index contributed by atoms with van der Waals surface area (Å²) in [5, 5.41) is 0. The highest BCUT2D eigenvalue weighted by Gasteiger charge is 2.41. The van der Waals surface area contributed by atoms with Crippen LogP contribution in [0, 0.1) is 6.42 Å². The van der Waals surface area contributed by atoms with E-state index in [1.54, 1.807) is 0 Å². The lowest BCUT2D eigenvalue weighted by atomic mass is 9.96. The van der Waals surface area contributed by atoms with Gasteiger partial charge in [0.2, 0.25) is 0 Å². The van der Waals surface area contributed by atoms with Crippen LogP contribution in [0.1, 0.15) is 44.9 Å². The Labute approximate surface area is 90.8 Å². The van der Waals surface area contributed by atoms with Crippen LogP contribution in [0.4, 0.5) is 4.79 Å². The summed E-state index contributed by atoms with van der Waals surface area (Å²) in [4.78, 5) is 14.0. The van der Waals surface area contributed by atoms with Gasteiger partial charge in [0.25, 0.3) is 0 Å². The van der Waals surface area contributed by atoms with Crippen LogP contribution < -0.4 is 0 Å². The lowest BCUT2D eigenvalue weighted by Gasteiger charge is -2.36. The van der Waals surface area contributed by atoms with Crippen molar-refractivity contribution in [1.29, 1.82) is 0 Å². The summed E-state index contributed by atoms with van der Waals surface area (Å²) in [5.41, 5.74) is 0. The van der Waals surface area contributed by atoms with Gasteiger partial charge in [0.05, 0.1) is 0 Å². The van der Waals surface area contributed by atoms with Gasteiger partial charge < -0.3 is 9.64 Å². The molecule has 1 saturated carbocycles. The van der Waals surface area contributed by atoms with E-state index in [1.165, 1.54) is 19.3 Å². The quantitative estimate of drug-likeness (QED) is 0.662. The van der Waals surface area contributed by atoms with Crippen molar-refractivity contribution >= 4 is 6.09 Å². The molecule has 0 spiro atoms. The minimum atomic E-state index is -0.0414. The van der Waals surface area contributed by atoms with Gasteiger partial charge in [-0.25, -0.2) is 4.79 Å². The van der Waals surface area contributed by atoms with Crippen molar-refractivity contribution in [3.05, 3.63) is 6.42 Å². The average molecular weight is 208 g/mol. The monoisotopic (exact) mass is 208 g/mol. The summed E-state index contributed by atoms with van der Waals surface area (Å²) in [7, 11) is 0. The second-order valence-corrected chi connectivity index (χ2v) is 4.99. The summed E-state index contributed by atoms with van der Waals surface area (Å²) in [6, 6.07) is 0.882. The Kier molecular flexibility index (Phi) is 2.33. The van der Waals surface area contributed by atoms with Gasteiger partial charge in [-0.05, 0) is 51.4 Å². The van der Waals surface area contributed by atoms with E-state index in [-0.39, 0.29) is 12.2 Å². The Morgan fingerprint density at radius 2 is 1.80 bits per heavy atom. The predicted molar refractivity (Wildman–Crippen MR) is 56.3 cm³/mol. The van der Waals surface area contributed by atoms with Crippen molar-refractivity contribution in [2.75, 3.05) is 0 Å². The molecule has 2 saturated heterocycles. The molecular weight excluding hydrogens is 190 g/mol. The smallest absolute Gasteiger partial charge is 0.410 e. The molecular formula is C12H18NO2. The van der Waals surface area contributed by atoms with E-state index >= 15 is 0 Å². The first-order valence-electron chi connectivity index (χ1n) is 6.15. The van der Waals surface area contributed by atoms with Gasteiger partial charge in [0.1, 0.15) is 6.10 Å². The van der Waals surface area contributed by atoms with E-state index in [1.807, 2.05) is 4.90 Å². The molecule has 3 fully saturated rings. The van der Waals surface area contributed by atoms with Crippen LogP contribution in [0.2, 0.25) is 0 Å². The van der Waals surface area contributed by atoms with E-state index in [0.29, 0.717) is 12.1 Å². The Hall–Kier alpha value is -0.730. The van der Waals surface area contributed by atoms with Gasteiger partial charge in [-0.1, -0.05) is 0 Å². The Bertz CT molecular complexity index is 246. The zero-order valence-corrected chi connectivity index (χ0v) is 9.02. The number of nitrogens with zero attached hydrogens (tertiary/aromatic N) is 1. The van der Waals surface area contributed by atoms with Crippen molar-refractivity contribution in [2.45, 2.75) is 63.1 Å². The van der Waals surface area contributed by atoms with E-state index in [2.05, 4.69) is 6.42 Å². The normalized spacial score (nSPS) is 35.1. The standard InChI is InChI=1S/C12H18NO2/c14-12(15-11-5-2-6-11)13-9-3-1-4-10(13)8-7-9/h1,9-11H,2-8H2. The second-order valence-electron chi connectivity index (χ2n) is 4.99. The molecule has 0 aromatic heterocycles. The molecule has 2 bridgehead atoms. The van der Waals surface area contributed by atoms with Gasteiger partial charge in [0.15, 0.2) is 0 Å². The molecule has 0 N–H and O–H groups in total. The average Bonchev–Trinajstić information content (AvgIpc) is 2.42. The Balaban J connectivity index is 1.62. The van der Waals surface area contributed by atoms with Gasteiger partial charge in [-0.3, -0.25) is 0 Å². The van der Waals surface area contributed by atoms with Crippen molar-refractivity contribution < 1.29 is 9.53 Å². The third kappa shape index (κ3) is 1.62. The van der Waals surface area contributed by atoms with Crippen LogP contribution in [0.5, 0.6) is 0 Å². The third-order valence-corrected chi connectivity index (χ3v) is 4.03. The van der Waals surface area contributed by atoms with Crippen LogP contribution >= 0.6 is 0 Å². The Morgan fingerprint density at radius 1 is 1.13 bits per heavy atom. The van der Waals surface area contributed by atoms with Gasteiger partial charge in [-0.2, -0.15) is 0 Å². The van der Waals surface area contributed by atoms with Crippen LogP contribution in [-0.4, -0.2) is 29.2 Å². The summed E-state index contributed by atoms with van der Waals surface area (Å²) in [6.07, 6.45) is 10.3. The molecule has 0 aromatic rings. The van der Waals surface area contributed by atoms with Crippen molar-refractivity contribution in [3.63, 3.8) is 0 Å². The maximum Gasteiger partial charge on any atom is 0.410 e. The highest BCUT2D eigenvalue weighted by atomic mass is 16.6. The lowest BCUT2D eigenvalue weighted by molar-refractivity contribution is 0.0136. The predicted octanol–water partition coefficient (Wildman–Crippen LogP) is 2.51. The highest BCUT2D eigenvalue weighted by molar-refractivity contribution is 5.69. The van der Waals surface area contributed by atoms with Crippen LogP contribution in [0.3, 0.4) is 0 Å². The van der Waals surface area contributed by atoms with Crippen LogP contribution in [0.15, 0.2) is 0 Å². The molecule has 3 heteroatoms. The fraction of sp³-hybridized carbons (Fsp3) is 0.833. The minimum Gasteiger partial charge on any atom is -0.446 e. The molecule has 2 unspecified atom stereocenters. The zero-order valence-electron chi connectivity index (χ0n) is 9.02. The fourth-order valence-corrected chi connectivity index (χ4v) is 2.90. The molecule has 2 atom stereocenters. The van der Waals surface area contributed by atoms with Crippen molar-refractivity contribution in [2.24, 2.45) is 0 Å². The van der Waals surface area contributed by atoms with Crippen LogP contribution in [-0.2, 0) is 4.74 Å². The number of ether oxygens (including phenoxy) is 1. The fourth-order valence-electron chi connectivity index (χ4n) is 2.90. The van der Waals surface area contributed by atoms with Crippen molar-refractivity contribution in [3.8, 4) is 0 Å². The number of carbonyl (C=O) groups is 1. The number of rotatable bonds is 1. The van der Waals surface area contributed by atoms with E-state index in [9.17, 15) is 4.79 Å². The van der Waals surface area contributed by atoms with E-state index < -0.39 is 0 Å². The number of amides is 1. The summed E-state index contributed by atoms with van der Waals surface area (Å²) in [6.45, 7) is 0. The van der Waals surface area contributed by atoms with E-state index in [4.69, 9.17) is 4.74 Å². The number of hydrogen-bond acceptors (Lipinski definition) is 2. The molecule has 3 aliphatic rings. The number of hydrogen-bond donors (Lipinski definition) is 0. The SMILES string of the molecule is O=C(OC1CCC1)N1C2C[CH]CC1CC2. The van der Waals surface area contributed by atoms with Gasteiger partial charge >= 0.3 is 6.09 Å². The molecule has 83 valence electrons. The summed E-state index contributed by atoms with van der Waals surface area (Å²) < 4.78 is 5.48. The second kappa shape index (κ2) is 3.69. The maximum absolute atomic E-state index is 12.0. The van der Waals surface area contributed by atoms with E-state index in [0.717, 1.165) is 25.7 Å². The number of carbonyl (C=O) groups excluding carboxylic acids is 1. The molecule has 3 rings (SSSR count). The third-order valence-electron chi connectivity index (χ3n) is 4.03. The molecule has 15 heavy (non-hydrogen) atoms. The summed E-state index contributed by atoms with van der Waals surface area (Å²) >= 11 is 0. The topological polar surface area (TPSA) is 29.5 Å². The molecule has 1 amide bonds. The first-order chi connectivity index (χ1) is 7.34. The van der Waals surface area contributed by atoms with Gasteiger partial charge in [0, 0.05) is 12.1 Å². The molecule has 2 heterocycles. The molecule has 0 aromatic carbocycles. The molecule has 1 aliphatic carbocycles. The zero-order chi connectivity index (χ0) is 10.3. The van der Waals surface area contributed by atoms with Crippen LogP contribution in [0.25, 0.3) is 0 Å². The number of piperidine rings is 1. The molecule has 2 aliphatic heterocycles. The minimum absolute atomic E-state index is 0.0414. The van der Waals surface area contributed by atoms with Crippen molar-refractivity contribution in [1.82, 2.24) is 4.90 Å². The number of fused-ring (bicyclic) bond motifs is 2. The summed E-state index contributed by atoms with van der Waals surface area (Å²) in [5.74, 6) is 0. The molecule has 1 radical (unpaired) electrons. The highest BCUT2D eigenvalue weighted by Crippen LogP contribution is 2.36. The Morgan fingerprint density at radius 3 is 2.33 bits per heavy atom. The van der Waals surface area contributed by atoms with Gasteiger partial charge in [-0.15, -0.1) is 0 Å². The molecule has 3 nitrogen and oxygen atoms in total. The lowest BCUT2D eigenvalue weighted by Crippen LogP contribution is -2.46. The maximum atomic E-state index is 12.0. The first-order valence-corrected chi connectivity index (χ1v) is 6.15. The first kappa shape index (κ1) is 9.49.